The lowest BCUT2D eigenvalue weighted by molar-refractivity contribution is 1.32. The summed E-state index contributed by atoms with van der Waals surface area (Å²) < 4.78 is 2.05. The monoisotopic (exact) mass is 518 g/mol. The highest BCUT2D eigenvalue weighted by atomic mass is 79.9. The van der Waals surface area contributed by atoms with Gasteiger partial charge in [0, 0.05) is 25.5 Å². The molecule has 5 rings (SSSR count). The highest BCUT2D eigenvalue weighted by Crippen LogP contribution is 2.32. The van der Waals surface area contributed by atoms with Crippen LogP contribution in [0.25, 0.3) is 10.8 Å². The molecule has 0 bridgehead atoms. The van der Waals surface area contributed by atoms with Crippen LogP contribution in [0.4, 0.5) is 11.4 Å². The van der Waals surface area contributed by atoms with Gasteiger partial charge < -0.3 is 0 Å². The number of nitrogens with one attached hydrogen (secondary N) is 2. The van der Waals surface area contributed by atoms with Crippen LogP contribution in [0.3, 0.4) is 0 Å². The van der Waals surface area contributed by atoms with Crippen LogP contribution in [-0.2, 0) is 0 Å². The first-order valence-electron chi connectivity index (χ1n) is 9.40. The van der Waals surface area contributed by atoms with Gasteiger partial charge in [-0.1, -0.05) is 68.3 Å². The molecule has 4 nitrogen and oxygen atoms in total. The largest absolute Gasteiger partial charge is 0.278 e. The Kier molecular flexibility index (Phi) is 5.11. The standard InChI is InChI=1S/C24H16Br2N4/c25-16-7-11-18(12-8-16)27-29-23-20-5-1-3-15-4-2-6-21(22(15)20)24(23)30-28-19-13-9-17(26)10-14-19/h1-14,27-28H. The number of hydrogen-bond acceptors (Lipinski definition) is 4. The van der Waals surface area contributed by atoms with Gasteiger partial charge >= 0.3 is 0 Å². The predicted octanol–water partition coefficient (Wildman–Crippen LogP) is 7.01. The van der Waals surface area contributed by atoms with Gasteiger partial charge in [0.1, 0.15) is 11.4 Å². The zero-order valence-electron chi connectivity index (χ0n) is 15.7. The molecule has 0 heterocycles. The highest BCUT2D eigenvalue weighted by Gasteiger charge is 2.27. The van der Waals surface area contributed by atoms with Crippen LogP contribution in [0.15, 0.2) is 104 Å². The van der Waals surface area contributed by atoms with E-state index in [2.05, 4.69) is 79.1 Å². The quantitative estimate of drug-likeness (QED) is 0.285. The number of anilines is 2. The smallest absolute Gasteiger partial charge is 0.119 e. The maximum absolute atomic E-state index is 4.74. The molecule has 0 atom stereocenters. The van der Waals surface area contributed by atoms with Crippen molar-refractivity contribution in [3.8, 4) is 0 Å². The third-order valence-electron chi connectivity index (χ3n) is 4.92. The normalized spacial score (nSPS) is 15.1. The van der Waals surface area contributed by atoms with Crippen molar-refractivity contribution in [3.63, 3.8) is 0 Å². The van der Waals surface area contributed by atoms with Crippen molar-refractivity contribution in [1.29, 1.82) is 0 Å². The Morgan fingerprint density at radius 1 is 0.533 bits per heavy atom. The molecular weight excluding hydrogens is 504 g/mol. The Balaban J connectivity index is 1.57. The van der Waals surface area contributed by atoms with Crippen LogP contribution in [0.2, 0.25) is 0 Å². The van der Waals surface area contributed by atoms with E-state index in [0.717, 1.165) is 42.9 Å². The predicted molar refractivity (Wildman–Crippen MR) is 133 cm³/mol. The first-order chi connectivity index (χ1) is 14.7. The van der Waals surface area contributed by atoms with Gasteiger partial charge in [0.15, 0.2) is 0 Å². The summed E-state index contributed by atoms with van der Waals surface area (Å²) >= 11 is 6.93. The van der Waals surface area contributed by atoms with E-state index in [1.807, 2.05) is 48.5 Å². The molecule has 6 heteroatoms. The minimum absolute atomic E-state index is 0.814. The summed E-state index contributed by atoms with van der Waals surface area (Å²) in [5.74, 6) is 0. The molecule has 0 aliphatic heterocycles. The van der Waals surface area contributed by atoms with Crippen molar-refractivity contribution < 1.29 is 0 Å². The molecule has 0 fully saturated rings. The topological polar surface area (TPSA) is 48.8 Å². The number of halogens is 2. The SMILES string of the molecule is Brc1ccc(NN=C2C(=NNc3ccc(Br)cc3)c3cccc4cccc2c34)cc1. The molecule has 4 aromatic rings. The van der Waals surface area contributed by atoms with Gasteiger partial charge in [0.05, 0.1) is 11.4 Å². The molecule has 0 saturated carbocycles. The van der Waals surface area contributed by atoms with E-state index in [1.165, 1.54) is 10.8 Å². The summed E-state index contributed by atoms with van der Waals surface area (Å²) in [7, 11) is 0. The zero-order valence-corrected chi connectivity index (χ0v) is 18.9. The van der Waals surface area contributed by atoms with E-state index < -0.39 is 0 Å². The maximum atomic E-state index is 4.74. The Labute approximate surface area is 191 Å². The number of rotatable bonds is 4. The molecule has 0 amide bonds. The third kappa shape index (κ3) is 3.64. The number of benzene rings is 4. The van der Waals surface area contributed by atoms with Crippen LogP contribution in [0, 0.1) is 0 Å². The van der Waals surface area contributed by atoms with Crippen molar-refractivity contribution in [2.24, 2.45) is 10.2 Å². The Morgan fingerprint density at radius 2 is 0.967 bits per heavy atom. The van der Waals surface area contributed by atoms with Crippen LogP contribution in [0.1, 0.15) is 11.1 Å². The fraction of sp³-hybridized carbons (Fsp3) is 0. The van der Waals surface area contributed by atoms with Crippen LogP contribution < -0.4 is 10.9 Å². The minimum Gasteiger partial charge on any atom is -0.278 e. The van der Waals surface area contributed by atoms with Crippen molar-refractivity contribution in [2.75, 3.05) is 10.9 Å². The molecule has 4 aromatic carbocycles. The zero-order chi connectivity index (χ0) is 20.5. The summed E-state index contributed by atoms with van der Waals surface area (Å²) in [6, 6.07) is 28.4. The molecule has 1 aliphatic carbocycles. The van der Waals surface area contributed by atoms with Crippen molar-refractivity contribution >= 4 is 65.4 Å². The summed E-state index contributed by atoms with van der Waals surface area (Å²) in [5.41, 5.74) is 12.0. The maximum Gasteiger partial charge on any atom is 0.119 e. The average molecular weight is 520 g/mol. The summed E-state index contributed by atoms with van der Waals surface area (Å²) in [6.07, 6.45) is 0. The lowest BCUT2D eigenvalue weighted by Gasteiger charge is -2.06. The lowest BCUT2D eigenvalue weighted by Crippen LogP contribution is -2.14. The highest BCUT2D eigenvalue weighted by molar-refractivity contribution is 9.10. The van der Waals surface area contributed by atoms with Gasteiger partial charge in [-0.15, -0.1) is 0 Å². The molecular formula is C24H16Br2N4. The van der Waals surface area contributed by atoms with E-state index >= 15 is 0 Å². The van der Waals surface area contributed by atoms with E-state index in [-0.39, 0.29) is 0 Å². The molecule has 0 saturated heterocycles. The second-order valence-corrected chi connectivity index (χ2v) is 8.70. The van der Waals surface area contributed by atoms with Gasteiger partial charge in [-0.05, 0) is 53.9 Å². The van der Waals surface area contributed by atoms with Crippen molar-refractivity contribution in [1.82, 2.24) is 0 Å². The Bertz CT molecular complexity index is 1200. The molecule has 1 aliphatic rings. The van der Waals surface area contributed by atoms with E-state index in [9.17, 15) is 0 Å². The number of hydrazone groups is 2. The Hall–Kier alpha value is -2.96. The third-order valence-corrected chi connectivity index (χ3v) is 5.98. The lowest BCUT2D eigenvalue weighted by atomic mass is 10.1. The van der Waals surface area contributed by atoms with Crippen LogP contribution in [0.5, 0.6) is 0 Å². The molecule has 146 valence electrons. The fourth-order valence-corrected chi connectivity index (χ4v) is 4.04. The first-order valence-corrected chi connectivity index (χ1v) is 11.0. The second kappa shape index (κ2) is 8.05. The molecule has 0 unspecified atom stereocenters. The van der Waals surface area contributed by atoms with Crippen LogP contribution in [-0.4, -0.2) is 11.4 Å². The van der Waals surface area contributed by atoms with Gasteiger partial charge in [0.2, 0.25) is 0 Å². The average Bonchev–Trinajstić information content (AvgIpc) is 3.08. The van der Waals surface area contributed by atoms with E-state index in [4.69, 9.17) is 10.2 Å². The number of hydrogen-bond donors (Lipinski definition) is 2. The van der Waals surface area contributed by atoms with Gasteiger partial charge in [0.25, 0.3) is 0 Å². The second-order valence-electron chi connectivity index (χ2n) is 6.87. The Morgan fingerprint density at radius 3 is 1.40 bits per heavy atom. The summed E-state index contributed by atoms with van der Waals surface area (Å²) in [6.45, 7) is 0. The molecule has 0 spiro atoms. The van der Waals surface area contributed by atoms with E-state index in [1.54, 1.807) is 0 Å². The molecule has 2 N–H and O–H groups in total. The summed E-state index contributed by atoms with van der Waals surface area (Å²) in [5, 5.41) is 11.8. The fourth-order valence-electron chi connectivity index (χ4n) is 3.51. The van der Waals surface area contributed by atoms with Crippen molar-refractivity contribution in [3.05, 3.63) is 105 Å². The van der Waals surface area contributed by atoms with Crippen LogP contribution >= 0.6 is 31.9 Å². The number of nitrogens with zero attached hydrogens (tertiary/aromatic N) is 2. The van der Waals surface area contributed by atoms with Gasteiger partial charge in [-0.3, -0.25) is 10.9 Å². The molecule has 0 radical (unpaired) electrons. The first kappa shape index (κ1) is 19.0. The van der Waals surface area contributed by atoms with Gasteiger partial charge in [-0.25, -0.2) is 0 Å². The summed E-state index contributed by atoms with van der Waals surface area (Å²) in [4.78, 5) is 0. The molecule has 30 heavy (non-hydrogen) atoms. The molecule has 0 aromatic heterocycles. The van der Waals surface area contributed by atoms with Gasteiger partial charge in [-0.2, -0.15) is 10.2 Å². The van der Waals surface area contributed by atoms with Crippen molar-refractivity contribution in [2.45, 2.75) is 0 Å². The van der Waals surface area contributed by atoms with E-state index in [0.29, 0.717) is 0 Å². The minimum atomic E-state index is 0.814.